The van der Waals surface area contributed by atoms with E-state index in [1.165, 1.54) is 13.8 Å². The average Bonchev–Trinajstić information content (AvgIpc) is 3.61. The fourth-order valence-corrected chi connectivity index (χ4v) is 7.51. The van der Waals surface area contributed by atoms with Crippen molar-refractivity contribution in [3.05, 3.63) is 12.7 Å². The van der Waals surface area contributed by atoms with E-state index in [1.807, 2.05) is 0 Å². The number of carbonyl (C=O) groups excluding carboxylic acids is 3. The number of aliphatic hydroxyl groups excluding tert-OH is 3. The molecule has 28 heteroatoms. The third kappa shape index (κ3) is 13.5. The van der Waals surface area contributed by atoms with Gasteiger partial charge in [0.05, 0.1) is 19.5 Å². The number of phosphoric ester groups is 3. The van der Waals surface area contributed by atoms with Crippen molar-refractivity contribution in [3.63, 3.8) is 0 Å². The number of carbonyl (C=O) groups is 3. The molecule has 1 aliphatic rings. The molecule has 7 unspecified atom stereocenters. The third-order valence-corrected chi connectivity index (χ3v) is 10.5. The van der Waals surface area contributed by atoms with E-state index in [1.54, 1.807) is 0 Å². The number of Topliss-reactive ketones (excluding diaryl/α,β-unsaturated/α-hetero) is 1. The summed E-state index contributed by atoms with van der Waals surface area (Å²) in [6, 6.07) is 0. The molecule has 0 saturated carbocycles. The normalized spacial score (nSPS) is 22.2. The van der Waals surface area contributed by atoms with Gasteiger partial charge in [-0.15, -0.1) is 0 Å². The molecule has 0 aliphatic carbocycles. The number of anilines is 1. The number of ketones is 1. The largest absolute Gasteiger partial charge is 0.481 e. The number of rotatable bonds is 22. The molecule has 1 saturated heterocycles. The third-order valence-electron chi connectivity index (χ3n) is 7.42. The van der Waals surface area contributed by atoms with Gasteiger partial charge < -0.3 is 56.0 Å². The van der Waals surface area contributed by atoms with Crippen LogP contribution in [0.25, 0.3) is 11.2 Å². The Morgan fingerprint density at radius 1 is 1.02 bits per heavy atom. The number of amides is 2. The van der Waals surface area contributed by atoms with Crippen LogP contribution in [0.4, 0.5) is 5.82 Å². The van der Waals surface area contributed by atoms with Crippen molar-refractivity contribution in [2.45, 2.75) is 70.2 Å². The summed E-state index contributed by atoms with van der Waals surface area (Å²) >= 11 is 0. The Morgan fingerprint density at radius 2 is 1.68 bits per heavy atom. The van der Waals surface area contributed by atoms with Crippen molar-refractivity contribution in [3.8, 4) is 0 Å². The Morgan fingerprint density at radius 3 is 2.34 bits per heavy atom. The second kappa shape index (κ2) is 18.7. The highest BCUT2D eigenvalue weighted by molar-refractivity contribution is 7.61. The van der Waals surface area contributed by atoms with Gasteiger partial charge in [-0.3, -0.25) is 32.5 Å². The van der Waals surface area contributed by atoms with Crippen molar-refractivity contribution < 1.29 is 85.6 Å². The molecule has 0 spiro atoms. The standard InChI is InChI=1S/C25H42N7O18P3/c1-25(2,20(37)23(38)28-8-6-16(35)27-7-5-14(34)4-3-9-33)11-47-53(44,45)50-52(42,43)46-10-15-19(49-51(39,40)41)18(36)24(48-15)32-13-31-17-21(26)29-12-30-22(17)32/h12-13,15,18-20,24,33,36-37H,3-11H2,1-2H3,(H,27,35)(H,28,38)(H,42,43)(H,44,45)(H2,26,29,30)(H2,39,40,41). The lowest BCUT2D eigenvalue weighted by molar-refractivity contribution is -0.137. The molecule has 7 atom stereocenters. The van der Waals surface area contributed by atoms with E-state index >= 15 is 0 Å². The second-order valence-electron chi connectivity index (χ2n) is 12.2. The number of phosphoric acid groups is 3. The molecule has 0 aromatic carbocycles. The molecule has 0 bridgehead atoms. The quantitative estimate of drug-likeness (QED) is 0.0582. The number of nitrogens with zero attached hydrogens (tertiary/aromatic N) is 4. The number of nitrogens with one attached hydrogen (secondary N) is 2. The molecule has 0 radical (unpaired) electrons. The van der Waals surface area contributed by atoms with E-state index in [-0.39, 0.29) is 61.7 Å². The van der Waals surface area contributed by atoms with Crippen molar-refractivity contribution >= 4 is 58.0 Å². The zero-order valence-electron chi connectivity index (χ0n) is 28.2. The lowest BCUT2D eigenvalue weighted by Gasteiger charge is -2.30. The number of aliphatic hydroxyl groups is 3. The molecular formula is C25H42N7O18P3. The molecule has 1 fully saturated rings. The maximum Gasteiger partial charge on any atom is 0.481 e. The van der Waals surface area contributed by atoms with Gasteiger partial charge in [0, 0.05) is 44.4 Å². The van der Waals surface area contributed by atoms with E-state index < -0.39 is 84.6 Å². The minimum atomic E-state index is -5.57. The van der Waals surface area contributed by atoms with Crippen LogP contribution in [0.3, 0.4) is 0 Å². The molecule has 25 nitrogen and oxygen atoms in total. The fraction of sp³-hybridized carbons (Fsp3) is 0.680. The predicted molar refractivity (Wildman–Crippen MR) is 176 cm³/mol. The highest BCUT2D eigenvalue weighted by atomic mass is 31.3. The molecule has 300 valence electrons. The molecule has 3 rings (SSSR count). The average molecular weight is 822 g/mol. The highest BCUT2D eigenvalue weighted by Crippen LogP contribution is 2.61. The molecule has 11 N–H and O–H groups in total. The smallest absolute Gasteiger partial charge is 0.396 e. The zero-order chi connectivity index (χ0) is 39.8. The number of fused-ring (bicyclic) bond motifs is 1. The minimum Gasteiger partial charge on any atom is -0.396 e. The van der Waals surface area contributed by atoms with Gasteiger partial charge in [0.2, 0.25) is 11.8 Å². The SMILES string of the molecule is CC(C)(COP(=O)(O)OP(=O)(O)OCC1OC(n2cnc3c(N)ncnc32)C(O)C1OP(=O)(O)O)C(O)C(=O)NCCC(=O)NCCC(=O)CCCO. The van der Waals surface area contributed by atoms with Gasteiger partial charge in [-0.05, 0) is 6.42 Å². The molecule has 2 aromatic rings. The van der Waals surface area contributed by atoms with Gasteiger partial charge in [0.1, 0.15) is 42.0 Å². The van der Waals surface area contributed by atoms with Crippen LogP contribution in [-0.2, 0) is 50.7 Å². The summed E-state index contributed by atoms with van der Waals surface area (Å²) in [6.07, 6.45) is -6.45. The zero-order valence-corrected chi connectivity index (χ0v) is 30.9. The highest BCUT2D eigenvalue weighted by Gasteiger charge is 2.50. The van der Waals surface area contributed by atoms with Gasteiger partial charge >= 0.3 is 23.5 Å². The fourth-order valence-electron chi connectivity index (χ4n) is 4.68. The number of aromatic nitrogens is 4. The van der Waals surface area contributed by atoms with Crippen molar-refractivity contribution in [1.29, 1.82) is 0 Å². The summed E-state index contributed by atoms with van der Waals surface area (Å²) in [5.74, 6) is -1.69. The Hall–Kier alpha value is -2.83. The first kappa shape index (κ1) is 44.6. The van der Waals surface area contributed by atoms with Crippen molar-refractivity contribution in [2.75, 3.05) is 38.6 Å². The van der Waals surface area contributed by atoms with Crippen LogP contribution in [-0.4, -0.2) is 129 Å². The summed E-state index contributed by atoms with van der Waals surface area (Å²) in [4.78, 5) is 86.8. The molecule has 53 heavy (non-hydrogen) atoms. The van der Waals surface area contributed by atoms with E-state index in [9.17, 15) is 57.9 Å². The lowest BCUT2D eigenvalue weighted by atomic mass is 9.87. The van der Waals surface area contributed by atoms with E-state index in [0.717, 1.165) is 17.2 Å². The number of hydrogen-bond donors (Lipinski definition) is 10. The Labute approximate surface area is 300 Å². The van der Waals surface area contributed by atoms with Gasteiger partial charge in [-0.2, -0.15) is 4.31 Å². The number of nitrogen functional groups attached to an aromatic ring is 1. The van der Waals surface area contributed by atoms with Crippen LogP contribution < -0.4 is 16.4 Å². The monoisotopic (exact) mass is 821 g/mol. The van der Waals surface area contributed by atoms with E-state index in [0.29, 0.717) is 6.42 Å². The molecule has 2 aromatic heterocycles. The van der Waals surface area contributed by atoms with Crippen molar-refractivity contribution in [2.24, 2.45) is 5.41 Å². The Kier molecular flexibility index (Phi) is 15.7. The van der Waals surface area contributed by atoms with Crippen LogP contribution in [0.2, 0.25) is 0 Å². The summed E-state index contributed by atoms with van der Waals surface area (Å²) < 4.78 is 61.9. The summed E-state index contributed by atoms with van der Waals surface area (Å²) in [6.45, 7) is 0.128. The van der Waals surface area contributed by atoms with Crippen molar-refractivity contribution in [1.82, 2.24) is 30.2 Å². The molecular weight excluding hydrogens is 779 g/mol. The number of nitrogens with two attached hydrogens (primary N) is 1. The summed E-state index contributed by atoms with van der Waals surface area (Å²) in [5.41, 5.74) is 4.23. The first-order valence-electron chi connectivity index (χ1n) is 15.6. The maximum atomic E-state index is 12.6. The van der Waals surface area contributed by atoms with E-state index in [4.69, 9.17) is 24.6 Å². The second-order valence-corrected chi connectivity index (χ2v) is 16.4. The van der Waals surface area contributed by atoms with E-state index in [2.05, 4.69) is 34.4 Å². The molecule has 2 amide bonds. The van der Waals surface area contributed by atoms with Gasteiger partial charge in [-0.1, -0.05) is 13.8 Å². The lowest BCUT2D eigenvalue weighted by Crippen LogP contribution is -2.46. The van der Waals surface area contributed by atoms with Crippen LogP contribution in [0.1, 0.15) is 45.8 Å². The molecule has 1 aliphatic heterocycles. The first-order chi connectivity index (χ1) is 24.6. The minimum absolute atomic E-state index is 0.0260. The number of hydrogen-bond acceptors (Lipinski definition) is 18. The van der Waals surface area contributed by atoms with Crippen LogP contribution in [0.5, 0.6) is 0 Å². The van der Waals surface area contributed by atoms with Gasteiger partial charge in [0.15, 0.2) is 17.7 Å². The predicted octanol–water partition coefficient (Wildman–Crippen LogP) is -1.86. The van der Waals surface area contributed by atoms with Crippen LogP contribution in [0, 0.1) is 5.41 Å². The van der Waals surface area contributed by atoms with Gasteiger partial charge in [-0.25, -0.2) is 28.6 Å². The maximum absolute atomic E-state index is 12.6. The number of imidazole rings is 1. The van der Waals surface area contributed by atoms with Crippen LogP contribution in [0.15, 0.2) is 12.7 Å². The summed E-state index contributed by atoms with van der Waals surface area (Å²) in [7, 11) is -16.4. The van der Waals surface area contributed by atoms with Crippen LogP contribution >= 0.6 is 23.5 Å². The van der Waals surface area contributed by atoms with Gasteiger partial charge in [0.25, 0.3) is 0 Å². The Bertz CT molecular complexity index is 1740. The molecule has 3 heterocycles. The number of ether oxygens (including phenoxy) is 1. The first-order valence-corrected chi connectivity index (χ1v) is 20.1. The summed E-state index contributed by atoms with van der Waals surface area (Å²) in [5, 5.41) is 34.9. The topological polar surface area (TPSA) is 384 Å². The Balaban J connectivity index is 1.52.